The molecule has 2 unspecified atom stereocenters. The van der Waals surface area contributed by atoms with E-state index in [9.17, 15) is 18.0 Å². The highest BCUT2D eigenvalue weighted by atomic mass is 35.5. The molecular weight excluding hydrogens is 291 g/mol. The number of unbranched alkanes of at least 4 members (excludes halogenated alkanes) is 3. The highest BCUT2D eigenvalue weighted by Crippen LogP contribution is 2.41. The molecule has 0 heterocycles. The van der Waals surface area contributed by atoms with Gasteiger partial charge in [0, 0.05) is 18.3 Å². The minimum Gasteiger partial charge on any atom is -0.356 e. The number of hydrogen-bond donors (Lipinski definition) is 1. The van der Waals surface area contributed by atoms with Crippen LogP contribution in [0.3, 0.4) is 0 Å². The SMILES string of the molecule is O=C(NCCCCCCCl)C1CCCCC1C(F)(F)F. The van der Waals surface area contributed by atoms with Crippen LogP contribution in [0.2, 0.25) is 0 Å². The highest BCUT2D eigenvalue weighted by Gasteiger charge is 2.47. The second-order valence-corrected chi connectivity index (χ2v) is 5.81. The molecule has 0 saturated heterocycles. The third kappa shape index (κ3) is 5.90. The molecule has 1 aliphatic carbocycles. The molecule has 1 rings (SSSR count). The number of hydrogen-bond acceptors (Lipinski definition) is 1. The van der Waals surface area contributed by atoms with Gasteiger partial charge >= 0.3 is 6.18 Å². The van der Waals surface area contributed by atoms with Crippen LogP contribution in [-0.4, -0.2) is 24.5 Å². The Morgan fingerprint density at radius 2 is 1.75 bits per heavy atom. The summed E-state index contributed by atoms with van der Waals surface area (Å²) in [5.74, 6) is -2.16. The molecule has 1 amide bonds. The van der Waals surface area contributed by atoms with Crippen molar-refractivity contribution in [1.29, 1.82) is 0 Å². The third-order valence-electron chi connectivity index (χ3n) is 3.88. The molecule has 0 aromatic carbocycles. The fraction of sp³-hybridized carbons (Fsp3) is 0.929. The molecule has 0 spiro atoms. The van der Waals surface area contributed by atoms with Gasteiger partial charge in [0.25, 0.3) is 0 Å². The van der Waals surface area contributed by atoms with E-state index in [2.05, 4.69) is 5.32 Å². The predicted molar refractivity (Wildman–Crippen MR) is 73.7 cm³/mol. The lowest BCUT2D eigenvalue weighted by Crippen LogP contribution is -2.42. The first-order chi connectivity index (χ1) is 9.46. The van der Waals surface area contributed by atoms with E-state index in [0.29, 0.717) is 31.7 Å². The number of carbonyl (C=O) groups is 1. The van der Waals surface area contributed by atoms with Crippen LogP contribution in [-0.2, 0) is 4.79 Å². The zero-order valence-corrected chi connectivity index (χ0v) is 12.4. The Balaban J connectivity index is 2.33. The van der Waals surface area contributed by atoms with Gasteiger partial charge in [-0.3, -0.25) is 4.79 Å². The lowest BCUT2D eigenvalue weighted by molar-refractivity contribution is -0.198. The third-order valence-corrected chi connectivity index (χ3v) is 4.15. The Kier molecular flexibility index (Phi) is 7.70. The monoisotopic (exact) mass is 313 g/mol. The largest absolute Gasteiger partial charge is 0.392 e. The van der Waals surface area contributed by atoms with Gasteiger partial charge in [-0.05, 0) is 25.7 Å². The number of halogens is 4. The van der Waals surface area contributed by atoms with E-state index in [1.165, 1.54) is 0 Å². The Hall–Kier alpha value is -0.450. The molecule has 0 aromatic rings. The minimum atomic E-state index is -4.26. The van der Waals surface area contributed by atoms with Crippen LogP contribution in [0.5, 0.6) is 0 Å². The molecule has 2 nitrogen and oxygen atoms in total. The van der Waals surface area contributed by atoms with Crippen molar-refractivity contribution in [3.05, 3.63) is 0 Å². The summed E-state index contributed by atoms with van der Waals surface area (Å²) in [7, 11) is 0. The molecule has 0 aromatic heterocycles. The van der Waals surface area contributed by atoms with E-state index in [0.717, 1.165) is 25.7 Å². The lowest BCUT2D eigenvalue weighted by Gasteiger charge is -2.32. The lowest BCUT2D eigenvalue weighted by atomic mass is 9.78. The molecule has 0 aliphatic heterocycles. The van der Waals surface area contributed by atoms with Crippen molar-refractivity contribution in [2.75, 3.05) is 12.4 Å². The van der Waals surface area contributed by atoms with Crippen molar-refractivity contribution < 1.29 is 18.0 Å². The number of amides is 1. The normalized spacial score (nSPS) is 23.6. The average Bonchev–Trinajstić information content (AvgIpc) is 2.41. The highest BCUT2D eigenvalue weighted by molar-refractivity contribution is 6.17. The van der Waals surface area contributed by atoms with Crippen molar-refractivity contribution >= 4 is 17.5 Å². The van der Waals surface area contributed by atoms with Crippen LogP contribution in [0, 0.1) is 11.8 Å². The average molecular weight is 314 g/mol. The van der Waals surface area contributed by atoms with Gasteiger partial charge in [0.15, 0.2) is 0 Å². The molecule has 20 heavy (non-hydrogen) atoms. The maximum absolute atomic E-state index is 12.9. The van der Waals surface area contributed by atoms with Crippen molar-refractivity contribution in [3.63, 3.8) is 0 Å². The summed E-state index contributed by atoms with van der Waals surface area (Å²) in [5.41, 5.74) is 0. The summed E-state index contributed by atoms with van der Waals surface area (Å²) >= 11 is 5.55. The second kappa shape index (κ2) is 8.75. The zero-order chi connectivity index (χ0) is 15.0. The van der Waals surface area contributed by atoms with Gasteiger partial charge in [-0.2, -0.15) is 13.2 Å². The molecule has 1 saturated carbocycles. The van der Waals surface area contributed by atoms with Crippen LogP contribution < -0.4 is 5.32 Å². The Labute approximate surface area is 123 Å². The van der Waals surface area contributed by atoms with E-state index in [-0.39, 0.29) is 6.42 Å². The first-order valence-corrected chi connectivity index (χ1v) is 7.90. The summed E-state index contributed by atoms with van der Waals surface area (Å²) in [6.45, 7) is 0.461. The second-order valence-electron chi connectivity index (χ2n) is 5.43. The van der Waals surface area contributed by atoms with E-state index in [4.69, 9.17) is 11.6 Å². The fourth-order valence-electron chi connectivity index (χ4n) is 2.75. The number of nitrogens with one attached hydrogen (secondary N) is 1. The Bertz CT molecular complexity index is 297. The number of carbonyl (C=O) groups excluding carboxylic acids is 1. The summed E-state index contributed by atoms with van der Waals surface area (Å²) in [5, 5.41) is 2.66. The zero-order valence-electron chi connectivity index (χ0n) is 11.6. The standard InChI is InChI=1S/C14H23ClF3NO/c15-9-5-1-2-6-10-19-13(20)11-7-3-4-8-12(11)14(16,17)18/h11-12H,1-10H2,(H,19,20). The number of rotatable bonds is 7. The van der Waals surface area contributed by atoms with Gasteiger partial charge in [-0.1, -0.05) is 25.7 Å². The van der Waals surface area contributed by atoms with E-state index in [1.54, 1.807) is 0 Å². The topological polar surface area (TPSA) is 29.1 Å². The van der Waals surface area contributed by atoms with Gasteiger partial charge in [0.05, 0.1) is 5.92 Å². The van der Waals surface area contributed by atoms with Crippen molar-refractivity contribution in [1.82, 2.24) is 5.32 Å². The van der Waals surface area contributed by atoms with Crippen molar-refractivity contribution in [2.45, 2.75) is 57.5 Å². The fourth-order valence-corrected chi connectivity index (χ4v) is 2.94. The molecule has 118 valence electrons. The minimum absolute atomic E-state index is 0.0807. The van der Waals surface area contributed by atoms with Crippen LogP contribution in [0.25, 0.3) is 0 Å². The Morgan fingerprint density at radius 3 is 2.40 bits per heavy atom. The molecule has 2 atom stereocenters. The summed E-state index contributed by atoms with van der Waals surface area (Å²) in [4.78, 5) is 11.9. The molecule has 1 aliphatic rings. The molecule has 6 heteroatoms. The van der Waals surface area contributed by atoms with Gasteiger partial charge in [-0.15, -0.1) is 11.6 Å². The van der Waals surface area contributed by atoms with Gasteiger partial charge in [0.2, 0.25) is 5.91 Å². The Morgan fingerprint density at radius 1 is 1.10 bits per heavy atom. The van der Waals surface area contributed by atoms with E-state index in [1.807, 2.05) is 0 Å². The molecule has 1 N–H and O–H groups in total. The van der Waals surface area contributed by atoms with Gasteiger partial charge < -0.3 is 5.32 Å². The maximum Gasteiger partial charge on any atom is 0.392 e. The predicted octanol–water partition coefficient (Wildman–Crippen LogP) is 4.27. The number of alkyl halides is 4. The van der Waals surface area contributed by atoms with E-state index < -0.39 is 23.9 Å². The van der Waals surface area contributed by atoms with Crippen LogP contribution in [0.1, 0.15) is 51.4 Å². The summed E-state index contributed by atoms with van der Waals surface area (Å²) in [6.07, 6.45) is 1.11. The van der Waals surface area contributed by atoms with Crippen LogP contribution in [0.15, 0.2) is 0 Å². The van der Waals surface area contributed by atoms with Crippen molar-refractivity contribution in [2.24, 2.45) is 11.8 Å². The first-order valence-electron chi connectivity index (χ1n) is 7.37. The molecule has 0 bridgehead atoms. The quantitative estimate of drug-likeness (QED) is 0.552. The smallest absolute Gasteiger partial charge is 0.356 e. The molecule has 0 radical (unpaired) electrons. The van der Waals surface area contributed by atoms with Crippen molar-refractivity contribution in [3.8, 4) is 0 Å². The maximum atomic E-state index is 12.9. The molecule has 1 fully saturated rings. The van der Waals surface area contributed by atoms with Gasteiger partial charge in [0.1, 0.15) is 0 Å². The van der Waals surface area contributed by atoms with Crippen LogP contribution >= 0.6 is 11.6 Å². The first kappa shape index (κ1) is 17.6. The van der Waals surface area contributed by atoms with Gasteiger partial charge in [-0.25, -0.2) is 0 Å². The van der Waals surface area contributed by atoms with Crippen LogP contribution in [0.4, 0.5) is 13.2 Å². The summed E-state index contributed by atoms with van der Waals surface area (Å²) < 4.78 is 38.7. The molecular formula is C14H23ClF3NO. The summed E-state index contributed by atoms with van der Waals surface area (Å²) in [6, 6.07) is 0. The van der Waals surface area contributed by atoms with E-state index >= 15 is 0 Å².